The van der Waals surface area contributed by atoms with Gasteiger partial charge in [-0.3, -0.25) is 0 Å². The average molecular weight is 193 g/mol. The second-order valence-electron chi connectivity index (χ2n) is 3.68. The molecule has 14 heavy (non-hydrogen) atoms. The third kappa shape index (κ3) is 1.44. The molecule has 1 fully saturated rings. The number of phenols is 1. The molecule has 1 saturated heterocycles. The number of rotatable bonds is 2. The largest absolute Gasteiger partial charge is 0.508 e. The molecule has 0 amide bonds. The minimum atomic E-state index is 0.296. The molecule has 0 saturated carbocycles. The Morgan fingerprint density at radius 2 is 2.21 bits per heavy atom. The van der Waals surface area contributed by atoms with Gasteiger partial charge in [0.25, 0.3) is 0 Å². The molecular weight excluding hydrogens is 178 g/mol. The molecule has 1 aliphatic rings. The lowest BCUT2D eigenvalue weighted by molar-refractivity contribution is 0.358. The fourth-order valence-electron chi connectivity index (χ4n) is 1.74. The van der Waals surface area contributed by atoms with E-state index in [1.165, 1.54) is 0 Å². The minimum Gasteiger partial charge on any atom is -0.508 e. The predicted octanol–water partition coefficient (Wildman–Crippen LogP) is 1.74. The number of benzene rings is 1. The molecule has 0 spiro atoms. The van der Waals surface area contributed by atoms with Crippen molar-refractivity contribution in [1.82, 2.24) is 5.32 Å². The first-order valence-corrected chi connectivity index (χ1v) is 4.83. The zero-order valence-corrected chi connectivity index (χ0v) is 8.50. The number of aryl methyl sites for hydroxylation is 1. The van der Waals surface area contributed by atoms with Crippen LogP contribution in [0.25, 0.3) is 0 Å². The fourth-order valence-corrected chi connectivity index (χ4v) is 1.74. The van der Waals surface area contributed by atoms with E-state index in [0.717, 1.165) is 29.8 Å². The summed E-state index contributed by atoms with van der Waals surface area (Å²) in [7, 11) is 1.65. The van der Waals surface area contributed by atoms with Gasteiger partial charge >= 0.3 is 0 Å². The van der Waals surface area contributed by atoms with E-state index in [4.69, 9.17) is 4.74 Å². The molecule has 1 heterocycles. The molecule has 1 aliphatic heterocycles. The number of ether oxygens (including phenoxy) is 1. The second kappa shape index (κ2) is 3.50. The Morgan fingerprint density at radius 1 is 1.50 bits per heavy atom. The molecule has 1 atom stereocenters. The molecule has 1 aromatic carbocycles. The van der Waals surface area contributed by atoms with Crippen molar-refractivity contribution < 1.29 is 9.84 Å². The number of hydrogen-bond donors (Lipinski definition) is 2. The summed E-state index contributed by atoms with van der Waals surface area (Å²) in [6.45, 7) is 2.96. The van der Waals surface area contributed by atoms with Crippen LogP contribution in [0.4, 0.5) is 0 Å². The second-order valence-corrected chi connectivity index (χ2v) is 3.68. The fraction of sp³-hybridized carbons (Fsp3) is 0.455. The molecule has 0 aliphatic carbocycles. The molecule has 1 unspecified atom stereocenters. The highest BCUT2D eigenvalue weighted by molar-refractivity contribution is 5.47. The van der Waals surface area contributed by atoms with E-state index in [1.807, 2.05) is 13.0 Å². The van der Waals surface area contributed by atoms with Crippen LogP contribution in [-0.4, -0.2) is 18.8 Å². The van der Waals surface area contributed by atoms with Crippen molar-refractivity contribution in [1.29, 1.82) is 0 Å². The van der Waals surface area contributed by atoms with Crippen molar-refractivity contribution in [2.45, 2.75) is 19.4 Å². The maximum Gasteiger partial charge on any atom is 0.122 e. The van der Waals surface area contributed by atoms with E-state index in [2.05, 4.69) is 5.32 Å². The van der Waals surface area contributed by atoms with Gasteiger partial charge in [0, 0.05) is 11.6 Å². The van der Waals surface area contributed by atoms with E-state index in [0.29, 0.717) is 11.8 Å². The highest BCUT2D eigenvalue weighted by Gasteiger charge is 2.22. The number of methoxy groups -OCH3 is 1. The van der Waals surface area contributed by atoms with Crippen molar-refractivity contribution in [2.75, 3.05) is 13.7 Å². The van der Waals surface area contributed by atoms with Gasteiger partial charge in [-0.15, -0.1) is 0 Å². The van der Waals surface area contributed by atoms with Crippen LogP contribution in [0.1, 0.15) is 23.6 Å². The van der Waals surface area contributed by atoms with Gasteiger partial charge in [-0.25, -0.2) is 0 Å². The molecule has 2 N–H and O–H groups in total. The molecule has 2 rings (SSSR count). The molecule has 0 radical (unpaired) electrons. The van der Waals surface area contributed by atoms with Crippen molar-refractivity contribution in [3.8, 4) is 11.5 Å². The average Bonchev–Trinajstić information content (AvgIpc) is 2.06. The van der Waals surface area contributed by atoms with Gasteiger partial charge in [0.05, 0.1) is 7.11 Å². The molecule has 0 bridgehead atoms. The van der Waals surface area contributed by atoms with Crippen LogP contribution in [0.2, 0.25) is 0 Å². The van der Waals surface area contributed by atoms with Crippen LogP contribution >= 0.6 is 0 Å². The lowest BCUT2D eigenvalue weighted by Gasteiger charge is -2.29. The van der Waals surface area contributed by atoms with E-state index in [-0.39, 0.29) is 0 Å². The van der Waals surface area contributed by atoms with Crippen LogP contribution < -0.4 is 10.1 Å². The summed E-state index contributed by atoms with van der Waals surface area (Å²) in [5.74, 6) is 1.20. The van der Waals surface area contributed by atoms with E-state index >= 15 is 0 Å². The van der Waals surface area contributed by atoms with Gasteiger partial charge < -0.3 is 15.2 Å². The zero-order valence-electron chi connectivity index (χ0n) is 8.50. The number of nitrogens with one attached hydrogen (secondary N) is 1. The lowest BCUT2D eigenvalue weighted by atomic mass is 9.95. The quantitative estimate of drug-likeness (QED) is 0.751. The molecule has 76 valence electrons. The van der Waals surface area contributed by atoms with Gasteiger partial charge in [-0.05, 0) is 37.6 Å². The Bertz CT molecular complexity index is 345. The summed E-state index contributed by atoms with van der Waals surface area (Å²) < 4.78 is 5.22. The lowest BCUT2D eigenvalue weighted by Crippen LogP contribution is -2.34. The van der Waals surface area contributed by atoms with Crippen LogP contribution in [0.15, 0.2) is 12.1 Å². The molecule has 0 aromatic heterocycles. The van der Waals surface area contributed by atoms with E-state index < -0.39 is 0 Å². The summed E-state index contributed by atoms with van der Waals surface area (Å²) in [6.07, 6.45) is 1.08. The normalized spacial score (nSPS) is 20.3. The van der Waals surface area contributed by atoms with Crippen LogP contribution in [-0.2, 0) is 0 Å². The Balaban J connectivity index is 2.38. The Labute approximate surface area is 83.7 Å². The predicted molar refractivity (Wildman–Crippen MR) is 54.8 cm³/mol. The zero-order chi connectivity index (χ0) is 10.1. The van der Waals surface area contributed by atoms with Crippen molar-refractivity contribution in [2.24, 2.45) is 0 Å². The monoisotopic (exact) mass is 193 g/mol. The topological polar surface area (TPSA) is 41.5 Å². The summed E-state index contributed by atoms with van der Waals surface area (Å²) in [5, 5.41) is 13.0. The first-order chi connectivity index (χ1) is 6.72. The molecule has 1 aromatic rings. The first-order valence-electron chi connectivity index (χ1n) is 4.83. The third-order valence-electron chi connectivity index (χ3n) is 2.74. The van der Waals surface area contributed by atoms with E-state index in [1.54, 1.807) is 13.2 Å². The van der Waals surface area contributed by atoms with Gasteiger partial charge in [0.15, 0.2) is 0 Å². The van der Waals surface area contributed by atoms with Gasteiger partial charge in [0.1, 0.15) is 11.5 Å². The van der Waals surface area contributed by atoms with Crippen LogP contribution in [0.5, 0.6) is 11.5 Å². The Kier molecular flexibility index (Phi) is 2.33. The maximum absolute atomic E-state index is 9.75. The summed E-state index contributed by atoms with van der Waals surface area (Å²) >= 11 is 0. The summed E-state index contributed by atoms with van der Waals surface area (Å²) in [4.78, 5) is 0. The molecular formula is C11H15NO2. The highest BCUT2D eigenvalue weighted by Crippen LogP contribution is 2.35. The highest BCUT2D eigenvalue weighted by atomic mass is 16.5. The minimum absolute atomic E-state index is 0.296. The van der Waals surface area contributed by atoms with Gasteiger partial charge in [-0.2, -0.15) is 0 Å². The van der Waals surface area contributed by atoms with Crippen molar-refractivity contribution >= 4 is 0 Å². The summed E-state index contributed by atoms with van der Waals surface area (Å²) in [6, 6.07) is 3.97. The maximum atomic E-state index is 9.75. The van der Waals surface area contributed by atoms with Gasteiger partial charge in [0.2, 0.25) is 0 Å². The van der Waals surface area contributed by atoms with Gasteiger partial charge in [-0.1, -0.05) is 0 Å². The standard InChI is InChI=1S/C11H15NO2/c1-7-5-10(13)8(6-11(7)14-2)9-3-4-12-9/h5-6,9,12-13H,3-4H2,1-2H3. The third-order valence-corrected chi connectivity index (χ3v) is 2.74. The van der Waals surface area contributed by atoms with Crippen molar-refractivity contribution in [3.63, 3.8) is 0 Å². The first kappa shape index (κ1) is 9.34. The van der Waals surface area contributed by atoms with Crippen molar-refractivity contribution in [3.05, 3.63) is 23.3 Å². The Morgan fingerprint density at radius 3 is 2.71 bits per heavy atom. The summed E-state index contributed by atoms with van der Waals surface area (Å²) in [5.41, 5.74) is 1.91. The van der Waals surface area contributed by atoms with Crippen LogP contribution in [0.3, 0.4) is 0 Å². The van der Waals surface area contributed by atoms with Crippen LogP contribution in [0, 0.1) is 6.92 Å². The molecule has 3 nitrogen and oxygen atoms in total. The number of hydrogen-bond acceptors (Lipinski definition) is 3. The number of phenolic OH excluding ortho intramolecular Hbond substituents is 1. The van der Waals surface area contributed by atoms with E-state index in [9.17, 15) is 5.11 Å². The Hall–Kier alpha value is -1.22. The number of aromatic hydroxyl groups is 1. The molecule has 3 heteroatoms. The smallest absolute Gasteiger partial charge is 0.122 e. The SMILES string of the molecule is COc1cc(C2CCN2)c(O)cc1C.